The van der Waals surface area contributed by atoms with Crippen LogP contribution in [0.5, 0.6) is 6.01 Å². The Morgan fingerprint density at radius 2 is 1.19 bits per heavy atom. The van der Waals surface area contributed by atoms with Gasteiger partial charge >= 0.3 is 18.1 Å². The second-order valence-electron chi connectivity index (χ2n) is 11.8. The lowest BCUT2D eigenvalue weighted by atomic mass is 10.1. The second kappa shape index (κ2) is 17.1. The van der Waals surface area contributed by atoms with Crippen LogP contribution < -0.4 is 35.8 Å². The summed E-state index contributed by atoms with van der Waals surface area (Å²) < 4.78 is 13.0. The average Bonchev–Trinajstić information content (AvgIpc) is 3.76. The van der Waals surface area contributed by atoms with Crippen molar-refractivity contribution in [2.24, 2.45) is 0 Å². The van der Waals surface area contributed by atoms with Crippen LogP contribution in [0.15, 0.2) is 36.4 Å². The standard InChI is InChI=1S/C17H23N5OS.C16H21N5O2S/c1-3-15-19-17(24-21-15)20-16(23)18-13-8-7-12(2)11-14(13)22-9-5-4-6-10-22;1-11-6-7-12(13(10-11)21-8-4-3-5-9-21)17-14(22)18-16-19-15(23-2)20-24-16/h7-8,11H,3-6,9-10H2,1-2H3,(H2,18,19,20,21,23);6-7,10H,3-5,8-9H2,1-2H3,(H2,17,18,19,20,22). The van der Waals surface area contributed by atoms with E-state index in [0.717, 1.165) is 72.7 Å². The highest BCUT2D eigenvalue weighted by Gasteiger charge is 2.18. The molecule has 0 aliphatic carbocycles. The Bertz CT molecular complexity index is 1540. The molecule has 256 valence electrons. The lowest BCUT2D eigenvalue weighted by molar-refractivity contribution is 0.261. The number of ether oxygens (including phenoxy) is 1. The number of piperidine rings is 2. The summed E-state index contributed by atoms with van der Waals surface area (Å²) in [6, 6.07) is 11.8. The van der Waals surface area contributed by atoms with Crippen LogP contribution in [0.4, 0.5) is 42.6 Å². The van der Waals surface area contributed by atoms with E-state index in [-0.39, 0.29) is 18.1 Å². The van der Waals surface area contributed by atoms with Gasteiger partial charge in [-0.05, 0) is 87.8 Å². The molecular formula is C33H44N10O3S2. The molecule has 0 unspecified atom stereocenters. The largest absolute Gasteiger partial charge is 0.466 e. The molecule has 0 atom stereocenters. The summed E-state index contributed by atoms with van der Waals surface area (Å²) in [4.78, 5) is 37.5. The van der Waals surface area contributed by atoms with Gasteiger partial charge in [-0.3, -0.25) is 10.6 Å². The first-order chi connectivity index (χ1) is 23.3. The molecule has 6 rings (SSSR count). The maximum atomic E-state index is 12.3. The van der Waals surface area contributed by atoms with Crippen molar-refractivity contribution in [2.75, 3.05) is 64.4 Å². The molecule has 2 aliphatic rings. The van der Waals surface area contributed by atoms with Gasteiger partial charge in [0.05, 0.1) is 29.9 Å². The molecule has 2 fully saturated rings. The Kier molecular flexibility index (Phi) is 12.4. The number of hydrogen-bond acceptors (Lipinski definition) is 11. The van der Waals surface area contributed by atoms with E-state index in [1.54, 1.807) is 0 Å². The first kappa shape index (κ1) is 34.8. The molecule has 4 amide bonds. The third kappa shape index (κ3) is 9.76. The highest BCUT2D eigenvalue weighted by atomic mass is 32.1. The van der Waals surface area contributed by atoms with E-state index in [0.29, 0.717) is 10.3 Å². The molecule has 0 spiro atoms. The molecule has 4 heterocycles. The minimum absolute atomic E-state index is 0.250. The Hall–Kier alpha value is -4.50. The number of carbonyl (C=O) groups is 2. The van der Waals surface area contributed by atoms with Gasteiger partial charge in [0, 0.05) is 55.7 Å². The fourth-order valence-electron chi connectivity index (χ4n) is 5.58. The van der Waals surface area contributed by atoms with Crippen LogP contribution in [0.2, 0.25) is 0 Å². The molecule has 2 aliphatic heterocycles. The molecule has 0 radical (unpaired) electrons. The summed E-state index contributed by atoms with van der Waals surface area (Å²) in [5, 5.41) is 12.3. The molecule has 2 aromatic carbocycles. The topological polar surface area (TPSA) is 150 Å². The number of hydrogen-bond donors (Lipinski definition) is 4. The summed E-state index contributed by atoms with van der Waals surface area (Å²) in [7, 11) is 1.49. The van der Waals surface area contributed by atoms with Crippen LogP contribution in [0.3, 0.4) is 0 Å². The number of nitrogens with one attached hydrogen (secondary N) is 4. The maximum absolute atomic E-state index is 12.3. The smallest absolute Gasteiger partial charge is 0.329 e. The Balaban J connectivity index is 0.000000188. The summed E-state index contributed by atoms with van der Waals surface area (Å²) in [5.74, 6) is 0.750. The molecule has 2 aromatic heterocycles. The van der Waals surface area contributed by atoms with Crippen molar-refractivity contribution in [2.45, 2.75) is 65.7 Å². The number of aromatic nitrogens is 4. The van der Waals surface area contributed by atoms with Crippen LogP contribution >= 0.6 is 23.1 Å². The van der Waals surface area contributed by atoms with Gasteiger partial charge in [-0.2, -0.15) is 9.36 Å². The maximum Gasteiger partial charge on any atom is 0.329 e. The predicted octanol–water partition coefficient (Wildman–Crippen LogP) is 7.53. The van der Waals surface area contributed by atoms with Crippen LogP contribution in [-0.2, 0) is 6.42 Å². The van der Waals surface area contributed by atoms with Gasteiger partial charge in [0.15, 0.2) is 0 Å². The average molecular weight is 693 g/mol. The van der Waals surface area contributed by atoms with Gasteiger partial charge in [0.25, 0.3) is 0 Å². The molecule has 15 heteroatoms. The summed E-state index contributed by atoms with van der Waals surface area (Å²) in [6.45, 7) is 10.2. The number of aryl methyl sites for hydroxylation is 3. The van der Waals surface area contributed by atoms with E-state index in [1.807, 2.05) is 31.2 Å². The fraction of sp³-hybridized carbons (Fsp3) is 0.455. The quantitative estimate of drug-likeness (QED) is 0.147. The number of urea groups is 2. The second-order valence-corrected chi connectivity index (χ2v) is 13.3. The first-order valence-electron chi connectivity index (χ1n) is 16.4. The summed E-state index contributed by atoms with van der Waals surface area (Å²) in [5.41, 5.74) is 6.17. The van der Waals surface area contributed by atoms with E-state index >= 15 is 0 Å². The third-order valence-electron chi connectivity index (χ3n) is 8.01. The number of amides is 4. The fourth-order valence-corrected chi connectivity index (χ4v) is 6.76. The predicted molar refractivity (Wildman–Crippen MR) is 196 cm³/mol. The number of rotatable bonds is 8. The van der Waals surface area contributed by atoms with E-state index in [2.05, 4.69) is 75.8 Å². The molecule has 13 nitrogen and oxygen atoms in total. The first-order valence-corrected chi connectivity index (χ1v) is 17.9. The zero-order valence-electron chi connectivity index (χ0n) is 28.0. The van der Waals surface area contributed by atoms with E-state index < -0.39 is 0 Å². The zero-order chi connectivity index (χ0) is 33.9. The molecule has 0 bridgehead atoms. The number of carbonyl (C=O) groups excluding carboxylic acids is 2. The molecule has 4 aromatic rings. The van der Waals surface area contributed by atoms with Crippen molar-refractivity contribution < 1.29 is 14.3 Å². The van der Waals surface area contributed by atoms with Gasteiger partial charge < -0.3 is 25.2 Å². The Morgan fingerprint density at radius 1 is 0.708 bits per heavy atom. The van der Waals surface area contributed by atoms with E-state index in [4.69, 9.17) is 4.74 Å². The van der Waals surface area contributed by atoms with Crippen LogP contribution in [-0.4, -0.2) is 64.1 Å². The molecule has 48 heavy (non-hydrogen) atoms. The van der Waals surface area contributed by atoms with Crippen LogP contribution in [0, 0.1) is 13.8 Å². The summed E-state index contributed by atoms with van der Waals surface area (Å²) in [6.07, 6.45) is 8.08. The van der Waals surface area contributed by atoms with E-state index in [9.17, 15) is 9.59 Å². The minimum atomic E-state index is -0.337. The highest BCUT2D eigenvalue weighted by molar-refractivity contribution is 7.10. The van der Waals surface area contributed by atoms with Gasteiger partial charge in [-0.15, -0.1) is 4.37 Å². The van der Waals surface area contributed by atoms with Crippen molar-refractivity contribution in [1.82, 2.24) is 18.7 Å². The molecule has 4 N–H and O–H groups in total. The lowest BCUT2D eigenvalue weighted by Crippen LogP contribution is -2.31. The lowest BCUT2D eigenvalue weighted by Gasteiger charge is -2.30. The van der Waals surface area contributed by atoms with Gasteiger partial charge in [0.2, 0.25) is 10.3 Å². The van der Waals surface area contributed by atoms with Gasteiger partial charge in [-0.25, -0.2) is 14.6 Å². The molecule has 0 saturated carbocycles. The van der Waals surface area contributed by atoms with Crippen molar-refractivity contribution >= 4 is 68.1 Å². The van der Waals surface area contributed by atoms with Gasteiger partial charge in [-0.1, -0.05) is 19.1 Å². The van der Waals surface area contributed by atoms with Crippen molar-refractivity contribution in [3.8, 4) is 6.01 Å². The Morgan fingerprint density at radius 3 is 1.62 bits per heavy atom. The number of benzene rings is 2. The highest BCUT2D eigenvalue weighted by Crippen LogP contribution is 2.31. The monoisotopic (exact) mass is 692 g/mol. The van der Waals surface area contributed by atoms with Gasteiger partial charge in [0.1, 0.15) is 5.82 Å². The van der Waals surface area contributed by atoms with E-state index in [1.165, 1.54) is 68.3 Å². The van der Waals surface area contributed by atoms with Crippen LogP contribution in [0.25, 0.3) is 0 Å². The number of nitrogens with zero attached hydrogens (tertiary/aromatic N) is 6. The van der Waals surface area contributed by atoms with Crippen molar-refractivity contribution in [1.29, 1.82) is 0 Å². The normalized spacial score (nSPS) is 14.4. The SMILES string of the molecule is CCc1nsc(NC(=O)Nc2ccc(C)cc2N2CCCCC2)n1.COc1nsc(NC(=O)Nc2ccc(C)cc2N2CCCCC2)n1. The van der Waals surface area contributed by atoms with Crippen molar-refractivity contribution in [3.05, 3.63) is 53.3 Å². The van der Waals surface area contributed by atoms with Crippen molar-refractivity contribution in [3.63, 3.8) is 0 Å². The zero-order valence-corrected chi connectivity index (χ0v) is 29.6. The number of anilines is 6. The third-order valence-corrected chi connectivity index (χ3v) is 9.29. The van der Waals surface area contributed by atoms with Crippen LogP contribution in [0.1, 0.15) is 62.4 Å². The molecule has 2 saturated heterocycles. The summed E-state index contributed by atoms with van der Waals surface area (Å²) >= 11 is 2.28. The Labute approximate surface area is 289 Å². The molecular weight excluding hydrogens is 649 g/mol. The number of methoxy groups -OCH3 is 1. The minimum Gasteiger partial charge on any atom is -0.466 e.